The molecule has 2 rings (SSSR count). The van der Waals surface area contributed by atoms with Crippen molar-refractivity contribution in [1.82, 2.24) is 0 Å². The van der Waals surface area contributed by atoms with Crippen molar-refractivity contribution in [2.24, 2.45) is 0 Å². The molecule has 0 fully saturated rings. The molecule has 0 saturated heterocycles. The molecule has 3 heteroatoms. The normalized spacial score (nSPS) is 9.20. The third-order valence-electron chi connectivity index (χ3n) is 2.65. The number of rotatable bonds is 3. The number of hydrogen-bond acceptors (Lipinski definition) is 3. The first-order chi connectivity index (χ1) is 9.81. The van der Waals surface area contributed by atoms with E-state index in [2.05, 4.69) is 17.9 Å². The summed E-state index contributed by atoms with van der Waals surface area (Å²) in [6.45, 7) is 0.323. The van der Waals surface area contributed by atoms with E-state index in [1.165, 1.54) is 0 Å². The average molecular weight is 263 g/mol. The van der Waals surface area contributed by atoms with Gasteiger partial charge in [-0.1, -0.05) is 24.0 Å². The average Bonchev–Trinajstić information content (AvgIpc) is 2.52. The largest absolute Gasteiger partial charge is 0.489 e. The second kappa shape index (κ2) is 6.99. The van der Waals surface area contributed by atoms with Crippen molar-refractivity contribution >= 4 is 0 Å². The Morgan fingerprint density at radius 2 is 1.60 bits per heavy atom. The van der Waals surface area contributed by atoms with Crippen LogP contribution in [0, 0.1) is 23.2 Å². The summed E-state index contributed by atoms with van der Waals surface area (Å²) < 4.78 is 5.63. The Balaban J connectivity index is 1.95. The molecule has 1 N–H and O–H groups in total. The molecule has 0 atom stereocenters. The zero-order chi connectivity index (χ0) is 14.2. The van der Waals surface area contributed by atoms with Gasteiger partial charge in [0.1, 0.15) is 19.0 Å². The van der Waals surface area contributed by atoms with Crippen LogP contribution in [0.25, 0.3) is 0 Å². The molecule has 2 aromatic rings. The summed E-state index contributed by atoms with van der Waals surface area (Å²) in [6, 6.07) is 16.7. The van der Waals surface area contributed by atoms with Crippen LogP contribution in [-0.2, 0) is 6.61 Å². The molecule has 0 saturated carbocycles. The summed E-state index contributed by atoms with van der Waals surface area (Å²) in [6.07, 6.45) is 0. The Hall–Kier alpha value is -2.75. The van der Waals surface area contributed by atoms with Gasteiger partial charge in [0.2, 0.25) is 0 Å². The summed E-state index contributed by atoms with van der Waals surface area (Å²) >= 11 is 0. The molecule has 20 heavy (non-hydrogen) atoms. The number of nitriles is 1. The number of benzene rings is 2. The molecular weight excluding hydrogens is 250 g/mol. The number of aliphatic hydroxyl groups is 1. The van der Waals surface area contributed by atoms with Gasteiger partial charge in [0.25, 0.3) is 0 Å². The minimum absolute atomic E-state index is 0.135. The van der Waals surface area contributed by atoms with Crippen molar-refractivity contribution in [1.29, 1.82) is 5.26 Å². The fourth-order valence-electron chi connectivity index (χ4n) is 1.62. The molecule has 0 amide bonds. The topological polar surface area (TPSA) is 53.2 Å². The lowest BCUT2D eigenvalue weighted by Crippen LogP contribution is -1.95. The van der Waals surface area contributed by atoms with E-state index in [1.54, 1.807) is 24.3 Å². The first kappa shape index (κ1) is 13.7. The van der Waals surface area contributed by atoms with Gasteiger partial charge in [-0.05, 0) is 42.0 Å². The molecule has 3 nitrogen and oxygen atoms in total. The summed E-state index contributed by atoms with van der Waals surface area (Å²) in [5, 5.41) is 17.3. The standard InChI is InChI=1S/C17H13NO2/c18-12-15-7-9-17(10-8-15)20-13-16-5-3-14(4-6-16)2-1-11-19/h3-10,19H,11,13H2. The van der Waals surface area contributed by atoms with Gasteiger partial charge in [-0.3, -0.25) is 0 Å². The predicted molar refractivity (Wildman–Crippen MR) is 75.9 cm³/mol. The summed E-state index contributed by atoms with van der Waals surface area (Å²) in [5.74, 6) is 6.17. The van der Waals surface area contributed by atoms with Crippen LogP contribution >= 0.6 is 0 Å². The molecule has 0 bridgehead atoms. The van der Waals surface area contributed by atoms with Gasteiger partial charge in [-0.2, -0.15) is 5.26 Å². The summed E-state index contributed by atoms with van der Waals surface area (Å²) in [7, 11) is 0. The van der Waals surface area contributed by atoms with Crippen molar-refractivity contribution in [2.75, 3.05) is 6.61 Å². The van der Waals surface area contributed by atoms with Gasteiger partial charge in [-0.15, -0.1) is 0 Å². The molecule has 0 aliphatic heterocycles. The van der Waals surface area contributed by atoms with Crippen molar-refractivity contribution < 1.29 is 9.84 Å². The van der Waals surface area contributed by atoms with Gasteiger partial charge < -0.3 is 9.84 Å². The van der Waals surface area contributed by atoms with Gasteiger partial charge in [0, 0.05) is 5.56 Å². The molecular formula is C17H13NO2. The second-order valence-electron chi connectivity index (χ2n) is 4.08. The number of ether oxygens (including phenoxy) is 1. The van der Waals surface area contributed by atoms with E-state index in [-0.39, 0.29) is 6.61 Å². The molecule has 0 aromatic heterocycles. The van der Waals surface area contributed by atoms with E-state index in [4.69, 9.17) is 15.1 Å². The second-order valence-corrected chi connectivity index (χ2v) is 4.08. The highest BCUT2D eigenvalue weighted by Crippen LogP contribution is 2.14. The SMILES string of the molecule is N#Cc1ccc(OCc2ccc(C#CCO)cc2)cc1. The smallest absolute Gasteiger partial charge is 0.119 e. The van der Waals surface area contributed by atoms with Crippen LogP contribution in [0.15, 0.2) is 48.5 Å². The maximum atomic E-state index is 8.71. The highest BCUT2D eigenvalue weighted by atomic mass is 16.5. The van der Waals surface area contributed by atoms with E-state index in [0.717, 1.165) is 16.9 Å². The number of aliphatic hydroxyl groups excluding tert-OH is 1. The van der Waals surface area contributed by atoms with Crippen LogP contribution in [0.4, 0.5) is 0 Å². The lowest BCUT2D eigenvalue weighted by Gasteiger charge is -2.06. The van der Waals surface area contributed by atoms with Crippen molar-refractivity contribution in [3.05, 3.63) is 65.2 Å². The van der Waals surface area contributed by atoms with Crippen molar-refractivity contribution in [2.45, 2.75) is 6.61 Å². The fraction of sp³-hybridized carbons (Fsp3) is 0.118. The number of hydrogen-bond donors (Lipinski definition) is 1. The minimum Gasteiger partial charge on any atom is -0.489 e. The maximum absolute atomic E-state index is 8.71. The first-order valence-corrected chi connectivity index (χ1v) is 6.13. The molecule has 0 spiro atoms. The highest BCUT2D eigenvalue weighted by Gasteiger charge is 1.97. The monoisotopic (exact) mass is 263 g/mol. The Morgan fingerprint density at radius 1 is 0.950 bits per heavy atom. The summed E-state index contributed by atoms with van der Waals surface area (Å²) in [5.41, 5.74) is 2.51. The van der Waals surface area contributed by atoms with Gasteiger partial charge in [-0.25, -0.2) is 0 Å². The lowest BCUT2D eigenvalue weighted by atomic mass is 10.1. The Bertz CT molecular complexity index is 655. The molecule has 0 radical (unpaired) electrons. The molecule has 0 heterocycles. The Kier molecular flexibility index (Phi) is 4.78. The van der Waals surface area contributed by atoms with Crippen LogP contribution in [0.5, 0.6) is 5.75 Å². The molecule has 0 unspecified atom stereocenters. The molecule has 0 aliphatic rings. The highest BCUT2D eigenvalue weighted by molar-refractivity contribution is 5.37. The van der Waals surface area contributed by atoms with Crippen LogP contribution < -0.4 is 4.74 Å². The molecule has 98 valence electrons. The van der Waals surface area contributed by atoms with E-state index < -0.39 is 0 Å². The predicted octanol–water partition coefficient (Wildman–Crippen LogP) is 2.48. The van der Waals surface area contributed by atoms with Crippen LogP contribution in [0.3, 0.4) is 0 Å². The minimum atomic E-state index is -0.135. The van der Waals surface area contributed by atoms with Crippen LogP contribution in [-0.4, -0.2) is 11.7 Å². The van der Waals surface area contributed by atoms with Gasteiger partial charge in [0.15, 0.2) is 0 Å². The molecule has 2 aromatic carbocycles. The maximum Gasteiger partial charge on any atom is 0.119 e. The summed E-state index contributed by atoms with van der Waals surface area (Å²) in [4.78, 5) is 0. The fourth-order valence-corrected chi connectivity index (χ4v) is 1.62. The lowest BCUT2D eigenvalue weighted by molar-refractivity contribution is 0.306. The Labute approximate surface area is 118 Å². The van der Waals surface area contributed by atoms with E-state index in [9.17, 15) is 0 Å². The zero-order valence-electron chi connectivity index (χ0n) is 10.8. The van der Waals surface area contributed by atoms with E-state index >= 15 is 0 Å². The van der Waals surface area contributed by atoms with Gasteiger partial charge in [0.05, 0.1) is 11.6 Å². The van der Waals surface area contributed by atoms with Crippen LogP contribution in [0.2, 0.25) is 0 Å². The molecule has 0 aliphatic carbocycles. The Morgan fingerprint density at radius 3 is 2.20 bits per heavy atom. The first-order valence-electron chi connectivity index (χ1n) is 6.13. The van der Waals surface area contributed by atoms with Crippen molar-refractivity contribution in [3.63, 3.8) is 0 Å². The van der Waals surface area contributed by atoms with Crippen LogP contribution in [0.1, 0.15) is 16.7 Å². The third-order valence-corrected chi connectivity index (χ3v) is 2.65. The van der Waals surface area contributed by atoms with E-state index in [0.29, 0.717) is 12.2 Å². The quantitative estimate of drug-likeness (QED) is 0.865. The zero-order valence-corrected chi connectivity index (χ0v) is 10.8. The number of nitrogens with zero attached hydrogens (tertiary/aromatic N) is 1. The van der Waals surface area contributed by atoms with E-state index in [1.807, 2.05) is 24.3 Å². The van der Waals surface area contributed by atoms with Crippen molar-refractivity contribution in [3.8, 4) is 23.7 Å². The van der Waals surface area contributed by atoms with Gasteiger partial charge >= 0.3 is 0 Å². The third kappa shape index (κ3) is 3.88.